The van der Waals surface area contributed by atoms with Gasteiger partial charge in [0.2, 0.25) is 5.91 Å². The molecule has 3 rings (SSSR count). The number of likely N-dealkylation sites (tertiary alicyclic amines) is 2. The molecule has 2 aliphatic heterocycles. The van der Waals surface area contributed by atoms with Crippen LogP contribution < -0.4 is 0 Å². The predicted molar refractivity (Wildman–Crippen MR) is 92.6 cm³/mol. The minimum atomic E-state index is 0.207. The second-order valence-electron chi connectivity index (χ2n) is 6.59. The summed E-state index contributed by atoms with van der Waals surface area (Å²) in [6.07, 6.45) is 5.84. The third-order valence-corrected chi connectivity index (χ3v) is 5.31. The zero-order valence-electron chi connectivity index (χ0n) is 13.1. The van der Waals surface area contributed by atoms with Gasteiger partial charge >= 0.3 is 0 Å². The first kappa shape index (κ1) is 16.0. The van der Waals surface area contributed by atoms with Gasteiger partial charge in [-0.25, -0.2) is 0 Å². The molecule has 0 spiro atoms. The zero-order chi connectivity index (χ0) is 15.4. The summed E-state index contributed by atoms with van der Waals surface area (Å²) in [7, 11) is 0. The first-order valence-electron chi connectivity index (χ1n) is 8.48. The molecule has 2 saturated heterocycles. The highest BCUT2D eigenvalue weighted by Crippen LogP contribution is 2.23. The summed E-state index contributed by atoms with van der Waals surface area (Å²) in [5.74, 6) is 0.609. The number of hydrogen-bond donors (Lipinski definition) is 0. The van der Waals surface area contributed by atoms with E-state index in [0.717, 1.165) is 50.0 Å². The molecule has 120 valence electrons. The first-order chi connectivity index (χ1) is 10.7. The summed E-state index contributed by atoms with van der Waals surface area (Å²) in [5, 5.41) is 0. The van der Waals surface area contributed by atoms with Crippen molar-refractivity contribution in [1.82, 2.24) is 9.80 Å². The van der Waals surface area contributed by atoms with Crippen LogP contribution in [0.1, 0.15) is 37.7 Å². The van der Waals surface area contributed by atoms with Gasteiger partial charge in [-0.1, -0.05) is 28.1 Å². The van der Waals surface area contributed by atoms with Crippen molar-refractivity contribution in [3.63, 3.8) is 0 Å². The van der Waals surface area contributed by atoms with Crippen LogP contribution in [0.5, 0.6) is 0 Å². The van der Waals surface area contributed by atoms with E-state index in [0.29, 0.717) is 5.91 Å². The molecule has 0 N–H and O–H groups in total. The highest BCUT2D eigenvalue weighted by atomic mass is 79.9. The molecule has 0 saturated carbocycles. The smallest absolute Gasteiger partial charge is 0.226 e. The maximum Gasteiger partial charge on any atom is 0.226 e. The molecular weight excluding hydrogens is 340 g/mol. The van der Waals surface area contributed by atoms with E-state index in [9.17, 15) is 4.79 Å². The molecule has 3 nitrogen and oxygen atoms in total. The summed E-state index contributed by atoms with van der Waals surface area (Å²) in [4.78, 5) is 17.2. The monoisotopic (exact) mass is 364 g/mol. The predicted octanol–water partition coefficient (Wildman–Crippen LogP) is 3.67. The minimum Gasteiger partial charge on any atom is -0.342 e. The van der Waals surface area contributed by atoms with Crippen LogP contribution >= 0.6 is 15.9 Å². The molecule has 0 radical (unpaired) electrons. The lowest BCUT2D eigenvalue weighted by Gasteiger charge is -2.36. The maximum atomic E-state index is 12.7. The fourth-order valence-corrected chi connectivity index (χ4v) is 4.11. The Labute approximate surface area is 141 Å². The van der Waals surface area contributed by atoms with E-state index in [1.807, 2.05) is 0 Å². The normalized spacial score (nSPS) is 23.5. The molecule has 1 aromatic rings. The number of benzene rings is 1. The van der Waals surface area contributed by atoms with Crippen LogP contribution in [-0.2, 0) is 11.3 Å². The van der Waals surface area contributed by atoms with Gasteiger partial charge in [0.1, 0.15) is 0 Å². The number of hydrogen-bond acceptors (Lipinski definition) is 2. The number of nitrogens with zero attached hydrogens (tertiary/aromatic N) is 2. The Morgan fingerprint density at radius 1 is 1.14 bits per heavy atom. The molecule has 1 amide bonds. The van der Waals surface area contributed by atoms with E-state index in [1.165, 1.54) is 24.8 Å². The van der Waals surface area contributed by atoms with E-state index in [4.69, 9.17) is 0 Å². The van der Waals surface area contributed by atoms with Gasteiger partial charge in [-0.15, -0.1) is 0 Å². The number of carbonyl (C=O) groups is 1. The fraction of sp³-hybridized carbons (Fsp3) is 0.611. The van der Waals surface area contributed by atoms with E-state index >= 15 is 0 Å². The quantitative estimate of drug-likeness (QED) is 0.816. The van der Waals surface area contributed by atoms with Crippen LogP contribution in [0.15, 0.2) is 28.7 Å². The van der Waals surface area contributed by atoms with Crippen LogP contribution in [0.3, 0.4) is 0 Å². The Morgan fingerprint density at radius 3 is 2.73 bits per heavy atom. The van der Waals surface area contributed by atoms with E-state index in [-0.39, 0.29) is 5.92 Å². The average molecular weight is 365 g/mol. The average Bonchev–Trinajstić information content (AvgIpc) is 2.55. The molecule has 2 heterocycles. The first-order valence-corrected chi connectivity index (χ1v) is 9.27. The van der Waals surface area contributed by atoms with Crippen molar-refractivity contribution in [3.8, 4) is 0 Å². The molecule has 22 heavy (non-hydrogen) atoms. The molecule has 2 fully saturated rings. The Balaban J connectivity index is 1.57. The molecule has 1 atom stereocenters. The maximum absolute atomic E-state index is 12.7. The number of piperidine rings is 2. The van der Waals surface area contributed by atoms with Crippen LogP contribution in [0.4, 0.5) is 0 Å². The molecule has 2 aliphatic rings. The molecular formula is C18H25BrN2O. The van der Waals surface area contributed by atoms with Crippen LogP contribution in [0.25, 0.3) is 0 Å². The third-order valence-electron chi connectivity index (χ3n) is 4.82. The van der Waals surface area contributed by atoms with Gasteiger partial charge in [-0.05, 0) is 56.3 Å². The number of halogens is 1. The van der Waals surface area contributed by atoms with Gasteiger partial charge in [-0.2, -0.15) is 0 Å². The second-order valence-corrected chi connectivity index (χ2v) is 7.51. The van der Waals surface area contributed by atoms with Crippen LogP contribution in [0.2, 0.25) is 0 Å². The summed E-state index contributed by atoms with van der Waals surface area (Å²) in [6, 6.07) is 8.49. The Bertz CT molecular complexity index is 514. The summed E-state index contributed by atoms with van der Waals surface area (Å²) in [6.45, 7) is 4.92. The van der Waals surface area contributed by atoms with Gasteiger partial charge in [0, 0.05) is 30.7 Å². The number of carbonyl (C=O) groups excluding carboxylic acids is 1. The molecule has 0 bridgehead atoms. The molecule has 0 aliphatic carbocycles. The van der Waals surface area contributed by atoms with Crippen LogP contribution in [0, 0.1) is 5.92 Å². The number of rotatable bonds is 3. The van der Waals surface area contributed by atoms with Gasteiger partial charge < -0.3 is 4.90 Å². The van der Waals surface area contributed by atoms with Gasteiger partial charge in [0.15, 0.2) is 0 Å². The topological polar surface area (TPSA) is 23.6 Å². The highest BCUT2D eigenvalue weighted by molar-refractivity contribution is 9.10. The van der Waals surface area contributed by atoms with Crippen LogP contribution in [-0.4, -0.2) is 41.9 Å². The van der Waals surface area contributed by atoms with E-state index in [2.05, 4.69) is 50.0 Å². The van der Waals surface area contributed by atoms with Gasteiger partial charge in [0.25, 0.3) is 0 Å². The van der Waals surface area contributed by atoms with Crippen molar-refractivity contribution in [1.29, 1.82) is 0 Å². The molecule has 4 heteroatoms. The van der Waals surface area contributed by atoms with Gasteiger partial charge in [0.05, 0.1) is 5.92 Å². The molecule has 1 aromatic carbocycles. The summed E-state index contributed by atoms with van der Waals surface area (Å²) >= 11 is 3.53. The van der Waals surface area contributed by atoms with Crippen molar-refractivity contribution in [2.75, 3.05) is 26.2 Å². The summed E-state index contributed by atoms with van der Waals surface area (Å²) in [5.41, 5.74) is 1.32. The standard InChI is InChI=1S/C18H25BrN2O/c19-17-8-4-6-15(12-17)13-20-9-5-7-16(14-20)18(22)21-10-2-1-3-11-21/h4,6,8,12,16H,1-3,5,7,9-11,13-14H2/t16-/m0/s1. The van der Waals surface area contributed by atoms with Gasteiger partial charge in [-0.3, -0.25) is 9.69 Å². The SMILES string of the molecule is O=C([C@H]1CCCN(Cc2cccc(Br)c2)C1)N1CCCCC1. The minimum absolute atomic E-state index is 0.207. The lowest BCUT2D eigenvalue weighted by atomic mass is 9.95. The van der Waals surface area contributed by atoms with Crippen molar-refractivity contribution in [2.45, 2.75) is 38.6 Å². The summed E-state index contributed by atoms with van der Waals surface area (Å²) < 4.78 is 1.13. The third kappa shape index (κ3) is 4.11. The lowest BCUT2D eigenvalue weighted by molar-refractivity contribution is -0.138. The number of amides is 1. The fourth-order valence-electron chi connectivity index (χ4n) is 3.67. The second kappa shape index (κ2) is 7.60. The Kier molecular flexibility index (Phi) is 5.53. The van der Waals surface area contributed by atoms with Crippen molar-refractivity contribution < 1.29 is 4.79 Å². The van der Waals surface area contributed by atoms with Crippen molar-refractivity contribution >= 4 is 21.8 Å². The Morgan fingerprint density at radius 2 is 1.95 bits per heavy atom. The molecule has 0 aromatic heterocycles. The van der Waals surface area contributed by atoms with E-state index in [1.54, 1.807) is 0 Å². The lowest BCUT2D eigenvalue weighted by Crippen LogP contribution is -2.46. The van der Waals surface area contributed by atoms with E-state index < -0.39 is 0 Å². The van der Waals surface area contributed by atoms with Crippen molar-refractivity contribution in [2.24, 2.45) is 5.92 Å². The van der Waals surface area contributed by atoms with Crippen molar-refractivity contribution in [3.05, 3.63) is 34.3 Å². The largest absolute Gasteiger partial charge is 0.342 e. The molecule has 0 unspecified atom stereocenters. The zero-order valence-corrected chi connectivity index (χ0v) is 14.7. The highest BCUT2D eigenvalue weighted by Gasteiger charge is 2.29. The Hall–Kier alpha value is -0.870.